The van der Waals surface area contributed by atoms with Gasteiger partial charge in [-0.15, -0.1) is 0 Å². The number of hydrogen-bond acceptors (Lipinski definition) is 3. The summed E-state index contributed by atoms with van der Waals surface area (Å²) in [5, 5.41) is 2.73. The first-order valence-corrected chi connectivity index (χ1v) is 7.27. The molecule has 3 rings (SSSR count). The number of benzene rings is 2. The van der Waals surface area contributed by atoms with Crippen molar-refractivity contribution in [3.05, 3.63) is 59.2 Å². The molecule has 1 heterocycles. The van der Waals surface area contributed by atoms with Crippen LogP contribution in [0, 0.1) is 0 Å². The number of hydrogen-bond donors (Lipinski definition) is 1. The maximum Gasteiger partial charge on any atom is 0.416 e. The average molecular weight is 337 g/mol. The van der Waals surface area contributed by atoms with E-state index in [1.807, 2.05) is 0 Å². The van der Waals surface area contributed by atoms with Crippen LogP contribution in [0.25, 0.3) is 0 Å². The van der Waals surface area contributed by atoms with E-state index in [-0.39, 0.29) is 12.7 Å². The van der Waals surface area contributed by atoms with Crippen LogP contribution in [0.3, 0.4) is 0 Å². The van der Waals surface area contributed by atoms with Crippen molar-refractivity contribution >= 4 is 5.91 Å². The molecular weight excluding hydrogens is 323 g/mol. The van der Waals surface area contributed by atoms with Crippen LogP contribution < -0.4 is 14.8 Å². The minimum atomic E-state index is -4.34. The van der Waals surface area contributed by atoms with Crippen LogP contribution in [-0.4, -0.2) is 19.2 Å². The van der Waals surface area contributed by atoms with Gasteiger partial charge in [0.1, 0.15) is 0 Å². The lowest BCUT2D eigenvalue weighted by Gasteiger charge is -2.08. The van der Waals surface area contributed by atoms with E-state index in [2.05, 4.69) is 5.32 Å². The molecular formula is C17H14F3NO3. The molecule has 126 valence electrons. The van der Waals surface area contributed by atoms with Gasteiger partial charge in [0.15, 0.2) is 11.5 Å². The lowest BCUT2D eigenvalue weighted by Crippen LogP contribution is -2.25. The van der Waals surface area contributed by atoms with Gasteiger partial charge < -0.3 is 14.8 Å². The first kappa shape index (κ1) is 16.2. The monoisotopic (exact) mass is 337 g/mol. The molecule has 0 aliphatic carbocycles. The Bertz CT molecular complexity index is 742. The van der Waals surface area contributed by atoms with Crippen molar-refractivity contribution in [2.45, 2.75) is 12.6 Å². The summed E-state index contributed by atoms with van der Waals surface area (Å²) in [5.41, 5.74) is 0.469. The van der Waals surface area contributed by atoms with Crippen LogP contribution in [0.2, 0.25) is 0 Å². The third-order valence-electron chi connectivity index (χ3n) is 3.62. The minimum Gasteiger partial charge on any atom is -0.454 e. The second kappa shape index (κ2) is 6.43. The summed E-state index contributed by atoms with van der Waals surface area (Å²) in [6, 6.07) is 9.78. The molecule has 24 heavy (non-hydrogen) atoms. The third kappa shape index (κ3) is 3.61. The van der Waals surface area contributed by atoms with Crippen LogP contribution >= 0.6 is 0 Å². The SMILES string of the molecule is O=C(NCCc1ccc(C(F)(F)F)cc1)c1ccc2c(c1)OCO2. The quantitative estimate of drug-likeness (QED) is 0.930. The van der Waals surface area contributed by atoms with Crippen LogP contribution in [0.15, 0.2) is 42.5 Å². The molecule has 4 nitrogen and oxygen atoms in total. The Morgan fingerprint density at radius 2 is 1.75 bits per heavy atom. The maximum atomic E-state index is 12.5. The van der Waals surface area contributed by atoms with E-state index in [4.69, 9.17) is 9.47 Å². The number of fused-ring (bicyclic) bond motifs is 1. The third-order valence-corrected chi connectivity index (χ3v) is 3.62. The van der Waals surface area contributed by atoms with E-state index in [0.717, 1.165) is 12.1 Å². The first-order chi connectivity index (χ1) is 11.4. The number of nitrogens with one attached hydrogen (secondary N) is 1. The predicted octanol–water partition coefficient (Wildman–Crippen LogP) is 3.41. The number of carbonyl (C=O) groups is 1. The number of alkyl halides is 3. The molecule has 1 aliphatic heterocycles. The summed E-state index contributed by atoms with van der Waals surface area (Å²) >= 11 is 0. The van der Waals surface area contributed by atoms with Gasteiger partial charge in [-0.05, 0) is 42.3 Å². The first-order valence-electron chi connectivity index (χ1n) is 7.27. The van der Waals surface area contributed by atoms with Gasteiger partial charge in [0.25, 0.3) is 5.91 Å². The molecule has 1 N–H and O–H groups in total. The zero-order valence-corrected chi connectivity index (χ0v) is 12.5. The summed E-state index contributed by atoms with van der Waals surface area (Å²) in [6.45, 7) is 0.451. The Balaban J connectivity index is 1.53. The fourth-order valence-electron chi connectivity index (χ4n) is 2.32. The van der Waals surface area contributed by atoms with Gasteiger partial charge >= 0.3 is 6.18 Å². The fourth-order valence-corrected chi connectivity index (χ4v) is 2.32. The molecule has 0 saturated carbocycles. The van der Waals surface area contributed by atoms with Crippen LogP contribution in [-0.2, 0) is 12.6 Å². The standard InChI is InChI=1S/C17H14F3NO3/c18-17(19,20)13-4-1-11(2-5-13)7-8-21-16(22)12-3-6-14-15(9-12)24-10-23-14/h1-6,9H,7-8,10H2,(H,21,22). The number of carbonyl (C=O) groups excluding carboxylic acids is 1. The zero-order valence-electron chi connectivity index (χ0n) is 12.5. The topological polar surface area (TPSA) is 47.6 Å². The van der Waals surface area contributed by atoms with Gasteiger partial charge in [-0.3, -0.25) is 4.79 Å². The van der Waals surface area contributed by atoms with Gasteiger partial charge in [0, 0.05) is 12.1 Å². The molecule has 7 heteroatoms. The van der Waals surface area contributed by atoms with Crippen molar-refractivity contribution in [1.82, 2.24) is 5.32 Å². The molecule has 0 radical (unpaired) electrons. The molecule has 0 bridgehead atoms. The Hall–Kier alpha value is -2.70. The Kier molecular flexibility index (Phi) is 4.33. The summed E-state index contributed by atoms with van der Waals surface area (Å²) < 4.78 is 47.8. The summed E-state index contributed by atoms with van der Waals surface area (Å²) in [5.74, 6) is 0.835. The van der Waals surface area contributed by atoms with Crippen LogP contribution in [0.1, 0.15) is 21.5 Å². The van der Waals surface area contributed by atoms with Crippen LogP contribution in [0.5, 0.6) is 11.5 Å². The minimum absolute atomic E-state index is 0.133. The Morgan fingerprint density at radius 1 is 1.04 bits per heavy atom. The fraction of sp³-hybridized carbons (Fsp3) is 0.235. The average Bonchev–Trinajstić information content (AvgIpc) is 3.02. The predicted molar refractivity (Wildman–Crippen MR) is 80.0 cm³/mol. The molecule has 2 aromatic rings. The highest BCUT2D eigenvalue weighted by Gasteiger charge is 2.29. The van der Waals surface area contributed by atoms with Gasteiger partial charge in [-0.1, -0.05) is 12.1 Å². The lowest BCUT2D eigenvalue weighted by atomic mass is 10.1. The van der Waals surface area contributed by atoms with E-state index < -0.39 is 11.7 Å². The highest BCUT2D eigenvalue weighted by Crippen LogP contribution is 2.32. The van der Waals surface area contributed by atoms with E-state index in [0.29, 0.717) is 35.6 Å². The molecule has 0 fully saturated rings. The van der Waals surface area contributed by atoms with Gasteiger partial charge in [-0.2, -0.15) is 13.2 Å². The van der Waals surface area contributed by atoms with Crippen molar-refractivity contribution in [2.24, 2.45) is 0 Å². The molecule has 0 saturated heterocycles. The summed E-state index contributed by atoms with van der Waals surface area (Å²) in [6.07, 6.45) is -3.90. The lowest BCUT2D eigenvalue weighted by molar-refractivity contribution is -0.137. The van der Waals surface area contributed by atoms with E-state index in [1.165, 1.54) is 12.1 Å². The largest absolute Gasteiger partial charge is 0.454 e. The van der Waals surface area contributed by atoms with Gasteiger partial charge in [-0.25, -0.2) is 0 Å². The number of ether oxygens (including phenoxy) is 2. The van der Waals surface area contributed by atoms with Crippen molar-refractivity contribution in [3.63, 3.8) is 0 Å². The molecule has 0 spiro atoms. The molecule has 0 aromatic heterocycles. The van der Waals surface area contributed by atoms with Crippen molar-refractivity contribution in [3.8, 4) is 11.5 Å². The van der Waals surface area contributed by atoms with Gasteiger partial charge in [0.2, 0.25) is 6.79 Å². The maximum absolute atomic E-state index is 12.5. The normalized spacial score (nSPS) is 13.0. The second-order valence-corrected chi connectivity index (χ2v) is 5.27. The number of amides is 1. The number of rotatable bonds is 4. The van der Waals surface area contributed by atoms with Gasteiger partial charge in [0.05, 0.1) is 5.56 Å². The van der Waals surface area contributed by atoms with Crippen molar-refractivity contribution in [1.29, 1.82) is 0 Å². The molecule has 0 unspecified atom stereocenters. The van der Waals surface area contributed by atoms with E-state index >= 15 is 0 Å². The van der Waals surface area contributed by atoms with Crippen molar-refractivity contribution < 1.29 is 27.4 Å². The molecule has 1 aliphatic rings. The highest BCUT2D eigenvalue weighted by atomic mass is 19.4. The second-order valence-electron chi connectivity index (χ2n) is 5.27. The Morgan fingerprint density at radius 3 is 2.46 bits per heavy atom. The molecule has 0 atom stereocenters. The smallest absolute Gasteiger partial charge is 0.416 e. The molecule has 1 amide bonds. The highest BCUT2D eigenvalue weighted by molar-refractivity contribution is 5.94. The molecule has 2 aromatic carbocycles. The van der Waals surface area contributed by atoms with E-state index in [1.54, 1.807) is 18.2 Å². The zero-order chi connectivity index (χ0) is 17.2. The van der Waals surface area contributed by atoms with E-state index in [9.17, 15) is 18.0 Å². The van der Waals surface area contributed by atoms with Crippen LogP contribution in [0.4, 0.5) is 13.2 Å². The van der Waals surface area contributed by atoms with Crippen molar-refractivity contribution in [2.75, 3.05) is 13.3 Å². The summed E-state index contributed by atoms with van der Waals surface area (Å²) in [7, 11) is 0. The number of halogens is 3. The summed E-state index contributed by atoms with van der Waals surface area (Å²) in [4.78, 5) is 12.1. The Labute approximate surface area is 136 Å².